The van der Waals surface area contributed by atoms with Gasteiger partial charge in [-0.3, -0.25) is 0 Å². The Morgan fingerprint density at radius 3 is 2.80 bits per heavy atom. The van der Waals surface area contributed by atoms with E-state index in [1.807, 2.05) is 6.07 Å². The fourth-order valence-electron chi connectivity index (χ4n) is 1.68. The van der Waals surface area contributed by atoms with Gasteiger partial charge in [-0.15, -0.1) is 0 Å². The molecular weight excluding hydrogens is 186 g/mol. The summed E-state index contributed by atoms with van der Waals surface area (Å²) in [6.45, 7) is 6.49. The van der Waals surface area contributed by atoms with Crippen molar-refractivity contribution in [3.8, 4) is 0 Å². The maximum atomic E-state index is 5.67. The minimum atomic E-state index is 0.587. The van der Waals surface area contributed by atoms with Crippen LogP contribution in [0, 0.1) is 5.92 Å². The molecule has 0 spiro atoms. The molecule has 0 radical (unpaired) electrons. The van der Waals surface area contributed by atoms with Gasteiger partial charge in [-0.25, -0.2) is 4.98 Å². The molecule has 80 valence electrons. The summed E-state index contributed by atoms with van der Waals surface area (Å²) in [4.78, 5) is 4.49. The highest BCUT2D eigenvalue weighted by atomic mass is 16.3. The minimum Gasteiger partial charge on any atom is -0.441 e. The van der Waals surface area contributed by atoms with Gasteiger partial charge >= 0.3 is 0 Å². The molecule has 0 aliphatic rings. The predicted octanol–water partition coefficient (Wildman–Crippen LogP) is 3.59. The minimum absolute atomic E-state index is 0.587. The largest absolute Gasteiger partial charge is 0.441 e. The Kier molecular flexibility index (Phi) is 2.76. The van der Waals surface area contributed by atoms with E-state index < -0.39 is 0 Å². The third-order valence-electron chi connectivity index (χ3n) is 2.49. The molecule has 2 aromatic rings. The number of hydrogen-bond acceptors (Lipinski definition) is 2. The van der Waals surface area contributed by atoms with Crippen LogP contribution >= 0.6 is 0 Å². The molecule has 0 fully saturated rings. The third-order valence-corrected chi connectivity index (χ3v) is 2.49. The van der Waals surface area contributed by atoms with Crippen LogP contribution in [0.3, 0.4) is 0 Å². The molecule has 0 aliphatic carbocycles. The first kappa shape index (κ1) is 10.2. The Morgan fingerprint density at radius 1 is 1.33 bits per heavy atom. The zero-order valence-electron chi connectivity index (χ0n) is 9.58. The van der Waals surface area contributed by atoms with E-state index in [4.69, 9.17) is 4.42 Å². The Morgan fingerprint density at radius 2 is 2.13 bits per heavy atom. The van der Waals surface area contributed by atoms with E-state index in [0.717, 1.165) is 29.8 Å². The van der Waals surface area contributed by atoms with Crippen molar-refractivity contribution in [2.75, 3.05) is 0 Å². The van der Waals surface area contributed by atoms with E-state index in [9.17, 15) is 0 Å². The van der Waals surface area contributed by atoms with E-state index in [2.05, 4.69) is 37.9 Å². The summed E-state index contributed by atoms with van der Waals surface area (Å²) in [5.74, 6) is 1.44. The van der Waals surface area contributed by atoms with Gasteiger partial charge in [0.25, 0.3) is 0 Å². The lowest BCUT2D eigenvalue weighted by molar-refractivity contribution is 0.482. The maximum Gasteiger partial charge on any atom is 0.195 e. The summed E-state index contributed by atoms with van der Waals surface area (Å²) in [7, 11) is 0. The van der Waals surface area contributed by atoms with Gasteiger partial charge in [0.15, 0.2) is 11.5 Å². The first-order valence-corrected chi connectivity index (χ1v) is 5.57. The second-order valence-corrected chi connectivity index (χ2v) is 4.36. The standard InChI is InChI=1S/C13H17NO/c1-4-10-5-6-12-11(8-10)14-13(15-12)7-9(2)3/h5-6,8-9H,4,7H2,1-3H3. The van der Waals surface area contributed by atoms with E-state index in [1.165, 1.54) is 5.56 Å². The molecule has 0 unspecified atom stereocenters. The van der Waals surface area contributed by atoms with Crippen molar-refractivity contribution < 1.29 is 4.42 Å². The van der Waals surface area contributed by atoms with Crippen molar-refractivity contribution in [2.45, 2.75) is 33.6 Å². The van der Waals surface area contributed by atoms with Gasteiger partial charge in [-0.05, 0) is 30.0 Å². The van der Waals surface area contributed by atoms with Crippen LogP contribution in [-0.4, -0.2) is 4.98 Å². The van der Waals surface area contributed by atoms with Gasteiger partial charge in [-0.1, -0.05) is 26.8 Å². The molecule has 2 nitrogen and oxygen atoms in total. The average Bonchev–Trinajstić information content (AvgIpc) is 2.57. The van der Waals surface area contributed by atoms with Gasteiger partial charge in [0.1, 0.15) is 5.52 Å². The highest BCUT2D eigenvalue weighted by Crippen LogP contribution is 2.19. The first-order valence-electron chi connectivity index (χ1n) is 5.57. The number of hydrogen-bond donors (Lipinski definition) is 0. The number of rotatable bonds is 3. The molecule has 0 aliphatic heterocycles. The molecule has 1 aromatic carbocycles. The highest BCUT2D eigenvalue weighted by Gasteiger charge is 2.07. The van der Waals surface area contributed by atoms with Crippen molar-refractivity contribution in [1.29, 1.82) is 0 Å². The van der Waals surface area contributed by atoms with Gasteiger partial charge in [0.05, 0.1) is 0 Å². The molecule has 0 saturated heterocycles. The van der Waals surface area contributed by atoms with Crippen LogP contribution in [0.1, 0.15) is 32.2 Å². The Labute approximate surface area is 90.3 Å². The number of aryl methyl sites for hydroxylation is 1. The van der Waals surface area contributed by atoms with E-state index in [-0.39, 0.29) is 0 Å². The van der Waals surface area contributed by atoms with E-state index in [0.29, 0.717) is 5.92 Å². The van der Waals surface area contributed by atoms with Crippen LogP contribution in [0.2, 0.25) is 0 Å². The molecule has 0 bridgehead atoms. The van der Waals surface area contributed by atoms with Gasteiger partial charge in [0.2, 0.25) is 0 Å². The smallest absolute Gasteiger partial charge is 0.195 e. The van der Waals surface area contributed by atoms with Crippen LogP contribution in [0.25, 0.3) is 11.1 Å². The molecule has 2 heteroatoms. The maximum absolute atomic E-state index is 5.67. The fraction of sp³-hybridized carbons (Fsp3) is 0.462. The topological polar surface area (TPSA) is 26.0 Å². The number of oxazole rings is 1. The molecule has 0 amide bonds. The Balaban J connectivity index is 2.37. The van der Waals surface area contributed by atoms with Crippen molar-refractivity contribution in [3.63, 3.8) is 0 Å². The van der Waals surface area contributed by atoms with Crippen LogP contribution < -0.4 is 0 Å². The Bertz CT molecular complexity index is 457. The molecular formula is C13H17NO. The summed E-state index contributed by atoms with van der Waals surface area (Å²) in [5, 5.41) is 0. The molecule has 1 aromatic heterocycles. The van der Waals surface area contributed by atoms with Crippen molar-refractivity contribution in [2.24, 2.45) is 5.92 Å². The summed E-state index contributed by atoms with van der Waals surface area (Å²) in [5.41, 5.74) is 3.21. The number of aromatic nitrogens is 1. The normalized spacial score (nSPS) is 11.5. The predicted molar refractivity (Wildman–Crippen MR) is 61.9 cm³/mol. The van der Waals surface area contributed by atoms with Crippen molar-refractivity contribution >= 4 is 11.1 Å². The Hall–Kier alpha value is -1.31. The molecule has 1 heterocycles. The zero-order valence-corrected chi connectivity index (χ0v) is 9.58. The third kappa shape index (κ3) is 2.20. The van der Waals surface area contributed by atoms with Crippen LogP contribution in [0.4, 0.5) is 0 Å². The summed E-state index contributed by atoms with van der Waals surface area (Å²) < 4.78 is 5.67. The molecule has 0 atom stereocenters. The highest BCUT2D eigenvalue weighted by molar-refractivity contribution is 5.73. The SMILES string of the molecule is CCc1ccc2oc(CC(C)C)nc2c1. The molecule has 0 saturated carbocycles. The van der Waals surface area contributed by atoms with Gasteiger partial charge in [-0.2, -0.15) is 0 Å². The molecule has 2 rings (SSSR count). The number of benzene rings is 1. The van der Waals surface area contributed by atoms with Crippen LogP contribution in [0.5, 0.6) is 0 Å². The fourth-order valence-corrected chi connectivity index (χ4v) is 1.68. The van der Waals surface area contributed by atoms with Crippen molar-refractivity contribution in [1.82, 2.24) is 4.98 Å². The van der Waals surface area contributed by atoms with E-state index >= 15 is 0 Å². The number of fused-ring (bicyclic) bond motifs is 1. The van der Waals surface area contributed by atoms with Crippen molar-refractivity contribution in [3.05, 3.63) is 29.7 Å². The molecule has 0 N–H and O–H groups in total. The van der Waals surface area contributed by atoms with Gasteiger partial charge in [0, 0.05) is 6.42 Å². The lowest BCUT2D eigenvalue weighted by Crippen LogP contribution is -1.93. The summed E-state index contributed by atoms with van der Waals surface area (Å²) >= 11 is 0. The zero-order chi connectivity index (χ0) is 10.8. The van der Waals surface area contributed by atoms with Crippen LogP contribution in [0.15, 0.2) is 22.6 Å². The monoisotopic (exact) mass is 203 g/mol. The van der Waals surface area contributed by atoms with E-state index in [1.54, 1.807) is 0 Å². The number of nitrogens with zero attached hydrogens (tertiary/aromatic N) is 1. The lowest BCUT2D eigenvalue weighted by atomic mass is 10.1. The van der Waals surface area contributed by atoms with Gasteiger partial charge < -0.3 is 4.42 Å². The lowest BCUT2D eigenvalue weighted by Gasteiger charge is -1.96. The molecule has 15 heavy (non-hydrogen) atoms. The quantitative estimate of drug-likeness (QED) is 0.762. The second kappa shape index (κ2) is 4.05. The summed E-state index contributed by atoms with van der Waals surface area (Å²) in [6, 6.07) is 6.24. The second-order valence-electron chi connectivity index (χ2n) is 4.36. The van der Waals surface area contributed by atoms with Crippen LogP contribution in [-0.2, 0) is 12.8 Å². The average molecular weight is 203 g/mol. The first-order chi connectivity index (χ1) is 7.19. The summed E-state index contributed by atoms with van der Waals surface area (Å²) in [6.07, 6.45) is 1.96.